The maximum atomic E-state index is 12.6. The molecule has 0 atom stereocenters. The summed E-state index contributed by atoms with van der Waals surface area (Å²) in [5.74, 6) is 0.804. The minimum Gasteiger partial charge on any atom is -0.397 e. The van der Waals surface area contributed by atoms with Crippen molar-refractivity contribution in [1.29, 1.82) is 0 Å². The van der Waals surface area contributed by atoms with Crippen LogP contribution in [0.1, 0.15) is 51.0 Å². The molecule has 1 saturated carbocycles. The van der Waals surface area contributed by atoms with Crippen LogP contribution >= 0.6 is 0 Å². The van der Waals surface area contributed by atoms with Crippen molar-refractivity contribution in [2.45, 2.75) is 57.7 Å². The first-order valence-electron chi connectivity index (χ1n) is 7.63. The standard InChI is InChI=1S/C16H23F3N2/c1-2-3-11-4-7-13(8-5-11)21-15-9-6-12(10-14(15)20)16(17,18)19/h6,9-11,13,21H,2-5,7-8,20H2,1H3. The second-order valence-corrected chi connectivity index (χ2v) is 5.95. The molecule has 0 spiro atoms. The average Bonchev–Trinajstić information content (AvgIpc) is 2.42. The predicted molar refractivity (Wildman–Crippen MR) is 80.1 cm³/mol. The molecule has 0 aliphatic heterocycles. The monoisotopic (exact) mass is 300 g/mol. The smallest absolute Gasteiger partial charge is 0.397 e. The summed E-state index contributed by atoms with van der Waals surface area (Å²) >= 11 is 0. The van der Waals surface area contributed by atoms with Crippen molar-refractivity contribution in [3.63, 3.8) is 0 Å². The molecule has 0 bridgehead atoms. The Bertz CT molecular complexity index is 463. The molecule has 0 saturated heterocycles. The van der Waals surface area contributed by atoms with Gasteiger partial charge >= 0.3 is 6.18 Å². The summed E-state index contributed by atoms with van der Waals surface area (Å²) in [6.45, 7) is 2.20. The van der Waals surface area contributed by atoms with E-state index in [1.807, 2.05) is 0 Å². The van der Waals surface area contributed by atoms with E-state index in [2.05, 4.69) is 12.2 Å². The second-order valence-electron chi connectivity index (χ2n) is 5.95. The van der Waals surface area contributed by atoms with E-state index in [9.17, 15) is 13.2 Å². The van der Waals surface area contributed by atoms with E-state index in [-0.39, 0.29) is 5.69 Å². The van der Waals surface area contributed by atoms with Gasteiger partial charge in [-0.15, -0.1) is 0 Å². The van der Waals surface area contributed by atoms with E-state index in [0.717, 1.165) is 30.9 Å². The highest BCUT2D eigenvalue weighted by molar-refractivity contribution is 5.67. The normalized spacial score (nSPS) is 23.0. The van der Waals surface area contributed by atoms with Crippen LogP contribution in [0.3, 0.4) is 0 Å². The number of benzene rings is 1. The number of rotatable bonds is 4. The molecule has 2 rings (SSSR count). The topological polar surface area (TPSA) is 38.0 Å². The largest absolute Gasteiger partial charge is 0.416 e. The molecule has 0 radical (unpaired) electrons. The van der Waals surface area contributed by atoms with Crippen LogP contribution in [0.15, 0.2) is 18.2 Å². The summed E-state index contributed by atoms with van der Waals surface area (Å²) in [5.41, 5.74) is 5.83. The minimum atomic E-state index is -4.34. The van der Waals surface area contributed by atoms with Crippen molar-refractivity contribution in [2.75, 3.05) is 11.1 Å². The Labute approximate surface area is 123 Å². The molecular weight excluding hydrogens is 277 g/mol. The van der Waals surface area contributed by atoms with Crippen molar-refractivity contribution in [2.24, 2.45) is 5.92 Å². The number of alkyl halides is 3. The summed E-state index contributed by atoms with van der Waals surface area (Å²) in [6, 6.07) is 3.85. The fraction of sp³-hybridized carbons (Fsp3) is 0.625. The first-order valence-corrected chi connectivity index (χ1v) is 7.63. The summed E-state index contributed by atoms with van der Waals surface area (Å²) in [5, 5.41) is 3.30. The third kappa shape index (κ3) is 4.29. The first kappa shape index (κ1) is 16.0. The molecule has 0 aromatic heterocycles. The lowest BCUT2D eigenvalue weighted by molar-refractivity contribution is -0.137. The van der Waals surface area contributed by atoms with E-state index in [1.54, 1.807) is 0 Å². The van der Waals surface area contributed by atoms with E-state index >= 15 is 0 Å². The summed E-state index contributed by atoms with van der Waals surface area (Å²) in [6.07, 6.45) is 2.64. The third-order valence-corrected chi connectivity index (χ3v) is 4.28. The van der Waals surface area contributed by atoms with Gasteiger partial charge in [0.05, 0.1) is 16.9 Å². The summed E-state index contributed by atoms with van der Waals surface area (Å²) in [4.78, 5) is 0. The number of nitrogen functional groups attached to an aromatic ring is 1. The number of hydrogen-bond donors (Lipinski definition) is 2. The number of halogens is 3. The minimum absolute atomic E-state index is 0.167. The Morgan fingerprint density at radius 1 is 1.19 bits per heavy atom. The van der Waals surface area contributed by atoms with Crippen LogP contribution in [0, 0.1) is 5.92 Å². The Morgan fingerprint density at radius 3 is 2.38 bits per heavy atom. The molecule has 1 aliphatic rings. The van der Waals surface area contributed by atoms with E-state index in [4.69, 9.17) is 5.73 Å². The van der Waals surface area contributed by atoms with Gasteiger partial charge in [0.25, 0.3) is 0 Å². The van der Waals surface area contributed by atoms with Crippen LogP contribution in [0.25, 0.3) is 0 Å². The van der Waals surface area contributed by atoms with Gasteiger partial charge in [-0.05, 0) is 49.8 Å². The maximum Gasteiger partial charge on any atom is 0.416 e. The Morgan fingerprint density at radius 2 is 1.86 bits per heavy atom. The Hall–Kier alpha value is -1.39. The quantitative estimate of drug-likeness (QED) is 0.763. The van der Waals surface area contributed by atoms with Gasteiger partial charge in [0, 0.05) is 6.04 Å². The van der Waals surface area contributed by atoms with Crippen molar-refractivity contribution in [1.82, 2.24) is 0 Å². The van der Waals surface area contributed by atoms with Gasteiger partial charge in [0.2, 0.25) is 0 Å². The zero-order valence-corrected chi connectivity index (χ0v) is 12.3. The van der Waals surface area contributed by atoms with Crippen LogP contribution in [-0.2, 0) is 6.18 Å². The molecule has 1 aromatic carbocycles. The van der Waals surface area contributed by atoms with Gasteiger partial charge in [0.1, 0.15) is 0 Å². The fourth-order valence-electron chi connectivity index (χ4n) is 3.09. The number of nitrogens with one attached hydrogen (secondary N) is 1. The number of nitrogens with two attached hydrogens (primary N) is 1. The zero-order valence-electron chi connectivity index (χ0n) is 12.3. The maximum absolute atomic E-state index is 12.6. The highest BCUT2D eigenvalue weighted by Gasteiger charge is 2.31. The number of hydrogen-bond acceptors (Lipinski definition) is 2. The van der Waals surface area contributed by atoms with Crippen LogP contribution in [0.5, 0.6) is 0 Å². The van der Waals surface area contributed by atoms with Crippen LogP contribution in [-0.4, -0.2) is 6.04 Å². The summed E-state index contributed by atoms with van der Waals surface area (Å²) < 4.78 is 37.8. The molecule has 21 heavy (non-hydrogen) atoms. The van der Waals surface area contributed by atoms with E-state index in [0.29, 0.717) is 11.7 Å². The van der Waals surface area contributed by atoms with Gasteiger partial charge in [-0.1, -0.05) is 19.8 Å². The van der Waals surface area contributed by atoms with E-state index < -0.39 is 11.7 Å². The van der Waals surface area contributed by atoms with Crippen molar-refractivity contribution in [3.05, 3.63) is 23.8 Å². The lowest BCUT2D eigenvalue weighted by atomic mass is 9.83. The highest BCUT2D eigenvalue weighted by atomic mass is 19.4. The third-order valence-electron chi connectivity index (χ3n) is 4.28. The highest BCUT2D eigenvalue weighted by Crippen LogP contribution is 2.34. The van der Waals surface area contributed by atoms with Gasteiger partial charge in [-0.2, -0.15) is 13.2 Å². The average molecular weight is 300 g/mol. The van der Waals surface area contributed by atoms with Gasteiger partial charge in [0.15, 0.2) is 0 Å². The molecule has 0 amide bonds. The Kier molecular flexibility index (Phi) is 5.01. The van der Waals surface area contributed by atoms with Crippen molar-refractivity contribution in [3.8, 4) is 0 Å². The van der Waals surface area contributed by atoms with Gasteiger partial charge in [-0.3, -0.25) is 0 Å². The lowest BCUT2D eigenvalue weighted by Crippen LogP contribution is -2.26. The van der Waals surface area contributed by atoms with Gasteiger partial charge < -0.3 is 11.1 Å². The second kappa shape index (κ2) is 6.58. The molecule has 0 unspecified atom stereocenters. The molecule has 1 aromatic rings. The molecular formula is C16H23F3N2. The SMILES string of the molecule is CCCC1CCC(Nc2ccc(C(F)(F)F)cc2N)CC1. The molecule has 118 valence electrons. The first-order chi connectivity index (χ1) is 9.90. The van der Waals surface area contributed by atoms with Gasteiger partial charge in [-0.25, -0.2) is 0 Å². The van der Waals surface area contributed by atoms with Crippen molar-refractivity contribution >= 4 is 11.4 Å². The van der Waals surface area contributed by atoms with Crippen molar-refractivity contribution < 1.29 is 13.2 Å². The van der Waals surface area contributed by atoms with E-state index in [1.165, 1.54) is 31.7 Å². The summed E-state index contributed by atoms with van der Waals surface area (Å²) in [7, 11) is 0. The number of anilines is 2. The molecule has 3 N–H and O–H groups in total. The molecule has 1 aliphatic carbocycles. The molecule has 0 heterocycles. The Balaban J connectivity index is 1.95. The van der Waals surface area contributed by atoms with Crippen LogP contribution in [0.4, 0.5) is 24.5 Å². The predicted octanol–water partition coefficient (Wildman–Crippen LogP) is 5.06. The fourth-order valence-corrected chi connectivity index (χ4v) is 3.09. The van der Waals surface area contributed by atoms with Crippen LogP contribution in [0.2, 0.25) is 0 Å². The molecule has 2 nitrogen and oxygen atoms in total. The van der Waals surface area contributed by atoms with Crippen LogP contribution < -0.4 is 11.1 Å². The lowest BCUT2D eigenvalue weighted by Gasteiger charge is -2.30. The zero-order chi connectivity index (χ0) is 15.5. The molecule has 1 fully saturated rings. The molecule has 5 heteroatoms.